The molecule has 0 aromatic rings. The molecule has 80 valence electrons. The number of likely N-dealkylation sites (N-methyl/N-ethyl adjacent to an activating group) is 1. The molecule has 0 aromatic heterocycles. The van der Waals surface area contributed by atoms with Crippen LogP contribution in [0, 0.1) is 0 Å². The van der Waals surface area contributed by atoms with Gasteiger partial charge in [-0.1, -0.05) is 0 Å². The molecule has 1 saturated heterocycles. The van der Waals surface area contributed by atoms with Gasteiger partial charge in [-0.05, 0) is 26.2 Å². The summed E-state index contributed by atoms with van der Waals surface area (Å²) in [6.45, 7) is 6.77. The molecule has 2 aliphatic rings. The Morgan fingerprint density at radius 2 is 2.29 bits per heavy atom. The molecular formula is C10H17NO2S. The quantitative estimate of drug-likeness (QED) is 0.667. The third-order valence-electron chi connectivity index (χ3n) is 2.68. The number of nitrogens with zero attached hydrogens (tertiary/aromatic N) is 1. The predicted molar refractivity (Wildman–Crippen MR) is 57.8 cm³/mol. The van der Waals surface area contributed by atoms with Gasteiger partial charge in [0.25, 0.3) is 0 Å². The van der Waals surface area contributed by atoms with Gasteiger partial charge >= 0.3 is 0 Å². The highest BCUT2D eigenvalue weighted by atomic mass is 32.2. The van der Waals surface area contributed by atoms with Crippen LogP contribution in [0.5, 0.6) is 0 Å². The Kier molecular flexibility index (Phi) is 2.53. The molecule has 3 nitrogen and oxygen atoms in total. The van der Waals surface area contributed by atoms with Crippen LogP contribution in [0.25, 0.3) is 0 Å². The van der Waals surface area contributed by atoms with Gasteiger partial charge in [0.1, 0.15) is 6.10 Å². The number of rotatable bonds is 1. The van der Waals surface area contributed by atoms with Crippen LogP contribution in [0.1, 0.15) is 20.8 Å². The summed E-state index contributed by atoms with van der Waals surface area (Å²) in [6.07, 6.45) is 0.104. The van der Waals surface area contributed by atoms with Crippen molar-refractivity contribution in [3.05, 3.63) is 11.1 Å². The molecular weight excluding hydrogens is 198 g/mol. The third kappa shape index (κ3) is 1.78. The largest absolute Gasteiger partial charge is 0.363 e. The van der Waals surface area contributed by atoms with E-state index in [2.05, 4.69) is 24.3 Å². The van der Waals surface area contributed by atoms with Crippen LogP contribution in [0.4, 0.5) is 0 Å². The van der Waals surface area contributed by atoms with Crippen molar-refractivity contribution in [3.63, 3.8) is 0 Å². The van der Waals surface area contributed by atoms with E-state index in [0.29, 0.717) is 12.0 Å². The van der Waals surface area contributed by atoms with Gasteiger partial charge in [-0.3, -0.25) is 0 Å². The van der Waals surface area contributed by atoms with E-state index in [9.17, 15) is 0 Å². The van der Waals surface area contributed by atoms with Crippen LogP contribution in [0.2, 0.25) is 0 Å². The summed E-state index contributed by atoms with van der Waals surface area (Å²) >= 11 is 1.83. The van der Waals surface area contributed by atoms with Crippen LogP contribution in [0.15, 0.2) is 11.1 Å². The number of hydrogen-bond acceptors (Lipinski definition) is 4. The molecule has 2 aliphatic heterocycles. The summed E-state index contributed by atoms with van der Waals surface area (Å²) < 4.78 is 11.4. The average Bonchev–Trinajstić information content (AvgIpc) is 2.59. The summed E-state index contributed by atoms with van der Waals surface area (Å²) in [4.78, 5) is 2.25. The van der Waals surface area contributed by atoms with Crippen molar-refractivity contribution in [2.75, 3.05) is 13.7 Å². The van der Waals surface area contributed by atoms with E-state index in [-0.39, 0.29) is 6.10 Å². The summed E-state index contributed by atoms with van der Waals surface area (Å²) in [5.41, 5.74) is 1.24. The van der Waals surface area contributed by atoms with Crippen molar-refractivity contribution in [3.8, 4) is 0 Å². The minimum absolute atomic E-state index is 0.104. The van der Waals surface area contributed by atoms with Gasteiger partial charge in [-0.15, -0.1) is 11.8 Å². The lowest BCUT2D eigenvalue weighted by Gasteiger charge is -2.25. The molecule has 14 heavy (non-hydrogen) atoms. The second-order valence-corrected chi connectivity index (χ2v) is 5.40. The minimum atomic E-state index is -0.428. The maximum Gasteiger partial charge on any atom is 0.163 e. The Morgan fingerprint density at radius 3 is 2.71 bits per heavy atom. The molecule has 0 N–H and O–H groups in total. The van der Waals surface area contributed by atoms with Crippen LogP contribution in [-0.2, 0) is 9.47 Å². The van der Waals surface area contributed by atoms with Crippen molar-refractivity contribution < 1.29 is 9.47 Å². The van der Waals surface area contributed by atoms with Gasteiger partial charge in [0.2, 0.25) is 0 Å². The molecule has 1 fully saturated rings. The lowest BCUT2D eigenvalue weighted by molar-refractivity contribution is -0.135. The standard InChI is InChI=1S/C10H17NO2S/c1-7-11(4)8(6-14-7)9-5-12-10(2,3)13-9/h6-7,9H,5H2,1-4H3. The zero-order valence-corrected chi connectivity index (χ0v) is 9.93. The number of thioether (sulfide) groups is 1. The maximum atomic E-state index is 5.81. The fourth-order valence-corrected chi connectivity index (χ4v) is 2.65. The van der Waals surface area contributed by atoms with Crippen LogP contribution in [-0.4, -0.2) is 35.8 Å². The van der Waals surface area contributed by atoms with E-state index in [1.807, 2.05) is 25.6 Å². The first kappa shape index (κ1) is 10.3. The first-order chi connectivity index (χ1) is 6.49. The van der Waals surface area contributed by atoms with Crippen molar-refractivity contribution in [1.82, 2.24) is 4.90 Å². The van der Waals surface area contributed by atoms with Crippen LogP contribution >= 0.6 is 11.8 Å². The molecule has 0 aliphatic carbocycles. The van der Waals surface area contributed by atoms with E-state index in [1.165, 1.54) is 5.70 Å². The van der Waals surface area contributed by atoms with E-state index >= 15 is 0 Å². The van der Waals surface area contributed by atoms with Crippen molar-refractivity contribution in [2.45, 2.75) is 38.0 Å². The van der Waals surface area contributed by atoms with E-state index in [4.69, 9.17) is 9.47 Å². The highest BCUT2D eigenvalue weighted by Crippen LogP contribution is 2.35. The smallest absolute Gasteiger partial charge is 0.163 e. The molecule has 0 bridgehead atoms. The Labute approximate surface area is 89.4 Å². The Morgan fingerprint density at radius 1 is 1.57 bits per heavy atom. The lowest BCUT2D eigenvalue weighted by atomic mass is 10.2. The van der Waals surface area contributed by atoms with Crippen molar-refractivity contribution in [1.29, 1.82) is 0 Å². The van der Waals surface area contributed by atoms with Crippen LogP contribution in [0.3, 0.4) is 0 Å². The summed E-state index contributed by atoms with van der Waals surface area (Å²) in [7, 11) is 2.10. The molecule has 2 atom stereocenters. The summed E-state index contributed by atoms with van der Waals surface area (Å²) in [6, 6.07) is 0. The van der Waals surface area contributed by atoms with E-state index in [1.54, 1.807) is 0 Å². The molecule has 2 unspecified atom stereocenters. The molecule has 0 radical (unpaired) electrons. The summed E-state index contributed by atoms with van der Waals surface area (Å²) in [5.74, 6) is -0.428. The van der Waals surface area contributed by atoms with Gasteiger partial charge in [0, 0.05) is 7.05 Å². The maximum absolute atomic E-state index is 5.81. The molecule has 0 saturated carbocycles. The van der Waals surface area contributed by atoms with Gasteiger partial charge in [0.05, 0.1) is 17.7 Å². The number of ether oxygens (including phenoxy) is 2. The fourth-order valence-electron chi connectivity index (χ4n) is 1.69. The third-order valence-corrected chi connectivity index (χ3v) is 3.76. The zero-order chi connectivity index (χ0) is 10.3. The van der Waals surface area contributed by atoms with E-state index < -0.39 is 5.79 Å². The normalized spacial score (nSPS) is 36.3. The first-order valence-corrected chi connectivity index (χ1v) is 5.84. The highest BCUT2D eigenvalue weighted by Gasteiger charge is 2.38. The molecule has 0 spiro atoms. The molecule has 0 amide bonds. The van der Waals surface area contributed by atoms with Gasteiger partial charge in [0.15, 0.2) is 5.79 Å². The molecule has 2 rings (SSSR count). The fraction of sp³-hybridized carbons (Fsp3) is 0.800. The SMILES string of the molecule is CC1SC=C(C2COC(C)(C)O2)N1C. The Balaban J connectivity index is 2.04. The molecule has 4 heteroatoms. The lowest BCUT2D eigenvalue weighted by Crippen LogP contribution is -2.30. The Bertz CT molecular complexity index is 265. The highest BCUT2D eigenvalue weighted by molar-refractivity contribution is 8.02. The van der Waals surface area contributed by atoms with Crippen molar-refractivity contribution in [2.24, 2.45) is 0 Å². The second-order valence-electron chi connectivity index (χ2n) is 4.21. The minimum Gasteiger partial charge on any atom is -0.363 e. The number of hydrogen-bond donors (Lipinski definition) is 0. The first-order valence-electron chi connectivity index (χ1n) is 4.90. The van der Waals surface area contributed by atoms with Gasteiger partial charge < -0.3 is 14.4 Å². The molecule has 0 aromatic carbocycles. The van der Waals surface area contributed by atoms with E-state index in [0.717, 1.165) is 0 Å². The zero-order valence-electron chi connectivity index (χ0n) is 9.11. The average molecular weight is 215 g/mol. The predicted octanol–water partition coefficient (Wildman–Crippen LogP) is 2.00. The van der Waals surface area contributed by atoms with Crippen LogP contribution < -0.4 is 0 Å². The Hall–Kier alpha value is -0.190. The monoisotopic (exact) mass is 215 g/mol. The van der Waals surface area contributed by atoms with Crippen molar-refractivity contribution >= 4 is 11.8 Å². The van der Waals surface area contributed by atoms with Gasteiger partial charge in [-0.2, -0.15) is 0 Å². The topological polar surface area (TPSA) is 21.7 Å². The molecule has 2 heterocycles. The second kappa shape index (κ2) is 3.43. The summed E-state index contributed by atoms with van der Waals surface area (Å²) in [5, 5.41) is 2.69. The van der Waals surface area contributed by atoms with Gasteiger partial charge in [-0.25, -0.2) is 0 Å².